The first-order valence-electron chi connectivity index (χ1n) is 5.92. The van der Waals surface area contributed by atoms with Crippen LogP contribution < -0.4 is 10.3 Å². The van der Waals surface area contributed by atoms with Crippen LogP contribution in [0.1, 0.15) is 0 Å². The molecule has 0 aliphatic heterocycles. The van der Waals surface area contributed by atoms with E-state index in [0.717, 1.165) is 10.9 Å². The number of rotatable bonds is 2. The van der Waals surface area contributed by atoms with Gasteiger partial charge in [0.2, 0.25) is 0 Å². The van der Waals surface area contributed by atoms with Crippen LogP contribution in [0.3, 0.4) is 0 Å². The summed E-state index contributed by atoms with van der Waals surface area (Å²) in [4.78, 5) is 15.9. The quantitative estimate of drug-likeness (QED) is 0.704. The monoisotopic (exact) mass is 252 g/mol. The molecule has 0 saturated heterocycles. The zero-order valence-corrected chi connectivity index (χ0v) is 10.4. The van der Waals surface area contributed by atoms with Crippen molar-refractivity contribution in [1.82, 2.24) is 9.55 Å². The fourth-order valence-electron chi connectivity index (χ4n) is 2.00. The van der Waals surface area contributed by atoms with Crippen LogP contribution in [-0.2, 0) is 7.05 Å². The highest BCUT2D eigenvalue weighted by Gasteiger charge is 2.07. The number of pyridine rings is 2. The molecular formula is C15H12N2O2. The molecule has 0 unspecified atom stereocenters. The minimum Gasteiger partial charge on any atom is -0.455 e. The third kappa shape index (κ3) is 2.08. The van der Waals surface area contributed by atoms with Crippen molar-refractivity contribution in [3.63, 3.8) is 0 Å². The van der Waals surface area contributed by atoms with E-state index in [0.29, 0.717) is 11.5 Å². The molecule has 0 aliphatic rings. The summed E-state index contributed by atoms with van der Waals surface area (Å²) in [6.07, 6.45) is 3.29. The van der Waals surface area contributed by atoms with E-state index in [2.05, 4.69) is 4.98 Å². The van der Waals surface area contributed by atoms with Crippen molar-refractivity contribution >= 4 is 10.9 Å². The van der Waals surface area contributed by atoms with E-state index in [9.17, 15) is 4.79 Å². The normalized spacial score (nSPS) is 10.6. The number of hydrogen-bond donors (Lipinski definition) is 0. The Morgan fingerprint density at radius 3 is 2.79 bits per heavy atom. The smallest absolute Gasteiger partial charge is 0.254 e. The summed E-state index contributed by atoms with van der Waals surface area (Å²) in [6.45, 7) is 0. The standard InChI is InChI=1S/C15H12N2O2/c1-17-13-7-3-2-6-12(13)14(9-15(17)18)19-11-5-4-8-16-10-11/h2-10H,1H3. The predicted octanol–water partition coefficient (Wildman–Crippen LogP) is 2.73. The number of aromatic nitrogens is 2. The number of benzene rings is 1. The Kier molecular flexibility index (Phi) is 2.76. The van der Waals surface area contributed by atoms with E-state index in [1.54, 1.807) is 36.1 Å². The van der Waals surface area contributed by atoms with E-state index >= 15 is 0 Å². The van der Waals surface area contributed by atoms with Crippen molar-refractivity contribution in [2.75, 3.05) is 0 Å². The van der Waals surface area contributed by atoms with Crippen LogP contribution in [0.4, 0.5) is 0 Å². The van der Waals surface area contributed by atoms with Gasteiger partial charge in [0, 0.05) is 24.7 Å². The Hall–Kier alpha value is -2.62. The van der Waals surface area contributed by atoms with Gasteiger partial charge in [-0.25, -0.2) is 0 Å². The van der Waals surface area contributed by atoms with Gasteiger partial charge in [-0.15, -0.1) is 0 Å². The van der Waals surface area contributed by atoms with Crippen LogP contribution in [0.15, 0.2) is 59.7 Å². The van der Waals surface area contributed by atoms with Crippen molar-refractivity contribution in [3.8, 4) is 11.5 Å². The highest BCUT2D eigenvalue weighted by Crippen LogP contribution is 2.27. The molecule has 3 rings (SSSR count). The summed E-state index contributed by atoms with van der Waals surface area (Å²) in [7, 11) is 1.75. The number of aryl methyl sites for hydroxylation is 1. The second-order valence-electron chi connectivity index (χ2n) is 4.21. The van der Waals surface area contributed by atoms with E-state index in [1.807, 2.05) is 24.3 Å². The van der Waals surface area contributed by atoms with Crippen LogP contribution in [0.2, 0.25) is 0 Å². The third-order valence-corrected chi connectivity index (χ3v) is 2.98. The second-order valence-corrected chi connectivity index (χ2v) is 4.21. The topological polar surface area (TPSA) is 44.1 Å². The molecule has 1 aromatic carbocycles. The lowest BCUT2D eigenvalue weighted by Gasteiger charge is -2.10. The van der Waals surface area contributed by atoms with Gasteiger partial charge < -0.3 is 9.30 Å². The Morgan fingerprint density at radius 2 is 2.00 bits per heavy atom. The summed E-state index contributed by atoms with van der Waals surface area (Å²) in [5.41, 5.74) is 0.742. The maximum atomic E-state index is 11.9. The van der Waals surface area contributed by atoms with Crippen LogP contribution >= 0.6 is 0 Å². The van der Waals surface area contributed by atoms with Crippen molar-refractivity contribution in [2.45, 2.75) is 0 Å². The minimum atomic E-state index is -0.0995. The minimum absolute atomic E-state index is 0.0995. The summed E-state index contributed by atoms with van der Waals surface area (Å²) < 4.78 is 7.35. The first-order valence-corrected chi connectivity index (χ1v) is 5.92. The largest absolute Gasteiger partial charge is 0.455 e. The fourth-order valence-corrected chi connectivity index (χ4v) is 2.00. The van der Waals surface area contributed by atoms with Gasteiger partial charge in [-0.1, -0.05) is 12.1 Å². The summed E-state index contributed by atoms with van der Waals surface area (Å²) in [6, 6.07) is 12.7. The predicted molar refractivity (Wildman–Crippen MR) is 73.5 cm³/mol. The molecule has 0 atom stereocenters. The number of para-hydroxylation sites is 1. The van der Waals surface area contributed by atoms with Gasteiger partial charge in [0.15, 0.2) is 0 Å². The van der Waals surface area contributed by atoms with Gasteiger partial charge in [-0.05, 0) is 24.3 Å². The van der Waals surface area contributed by atoms with Crippen molar-refractivity contribution < 1.29 is 4.74 Å². The van der Waals surface area contributed by atoms with Gasteiger partial charge in [-0.2, -0.15) is 0 Å². The van der Waals surface area contributed by atoms with Crippen molar-refractivity contribution in [2.24, 2.45) is 7.05 Å². The molecule has 4 nitrogen and oxygen atoms in total. The number of ether oxygens (including phenoxy) is 1. The fraction of sp³-hybridized carbons (Fsp3) is 0.0667. The van der Waals surface area contributed by atoms with Crippen molar-refractivity contribution in [1.29, 1.82) is 0 Å². The lowest BCUT2D eigenvalue weighted by atomic mass is 10.2. The number of hydrogen-bond acceptors (Lipinski definition) is 3. The molecule has 0 saturated carbocycles. The number of nitrogens with zero attached hydrogens (tertiary/aromatic N) is 2. The first-order chi connectivity index (χ1) is 9.25. The van der Waals surface area contributed by atoms with E-state index in [4.69, 9.17) is 4.74 Å². The average molecular weight is 252 g/mol. The molecule has 0 radical (unpaired) electrons. The van der Waals surface area contributed by atoms with Gasteiger partial charge in [0.25, 0.3) is 5.56 Å². The van der Waals surface area contributed by atoms with Crippen LogP contribution in [0.25, 0.3) is 10.9 Å². The highest BCUT2D eigenvalue weighted by atomic mass is 16.5. The van der Waals surface area contributed by atoms with Gasteiger partial charge in [0.05, 0.1) is 11.7 Å². The van der Waals surface area contributed by atoms with Gasteiger partial charge in [-0.3, -0.25) is 9.78 Å². The molecule has 0 spiro atoms. The molecule has 0 fully saturated rings. The van der Waals surface area contributed by atoms with Crippen LogP contribution in [0.5, 0.6) is 11.5 Å². The molecule has 2 aromatic heterocycles. The lowest BCUT2D eigenvalue weighted by Crippen LogP contribution is -2.15. The lowest BCUT2D eigenvalue weighted by molar-refractivity contribution is 0.484. The maximum absolute atomic E-state index is 11.9. The van der Waals surface area contributed by atoms with Crippen molar-refractivity contribution in [3.05, 3.63) is 65.2 Å². The molecule has 0 bridgehead atoms. The second kappa shape index (κ2) is 4.57. The van der Waals surface area contributed by atoms with Gasteiger partial charge in [0.1, 0.15) is 11.5 Å². The molecule has 94 valence electrons. The molecule has 0 aliphatic carbocycles. The highest BCUT2D eigenvalue weighted by molar-refractivity contribution is 5.85. The number of fused-ring (bicyclic) bond motifs is 1. The Morgan fingerprint density at radius 1 is 1.16 bits per heavy atom. The average Bonchev–Trinajstić information content (AvgIpc) is 2.46. The summed E-state index contributed by atoms with van der Waals surface area (Å²) >= 11 is 0. The molecule has 19 heavy (non-hydrogen) atoms. The van der Waals surface area contributed by atoms with Crippen LogP contribution in [0, 0.1) is 0 Å². The summed E-state index contributed by atoms with van der Waals surface area (Å²) in [5.74, 6) is 1.16. The zero-order chi connectivity index (χ0) is 13.2. The first kappa shape index (κ1) is 11.5. The SMILES string of the molecule is Cn1c(=O)cc(Oc2cccnc2)c2ccccc21. The van der Waals surface area contributed by atoms with E-state index in [-0.39, 0.29) is 5.56 Å². The van der Waals surface area contributed by atoms with Crippen LogP contribution in [-0.4, -0.2) is 9.55 Å². The Labute approximate surface area is 109 Å². The van der Waals surface area contributed by atoms with Gasteiger partial charge >= 0.3 is 0 Å². The molecule has 3 aromatic rings. The molecule has 4 heteroatoms. The molecule has 0 amide bonds. The molecule has 0 N–H and O–H groups in total. The molecule has 2 heterocycles. The third-order valence-electron chi connectivity index (χ3n) is 2.98. The summed E-state index contributed by atoms with van der Waals surface area (Å²) in [5, 5.41) is 0.897. The van der Waals surface area contributed by atoms with E-state index < -0.39 is 0 Å². The zero-order valence-electron chi connectivity index (χ0n) is 10.4. The Bertz CT molecular complexity index is 779. The van der Waals surface area contributed by atoms with E-state index in [1.165, 1.54) is 6.07 Å². The maximum Gasteiger partial charge on any atom is 0.254 e. The molecular weight excluding hydrogens is 240 g/mol. The Balaban J connectivity index is 2.19.